The third kappa shape index (κ3) is 3.96. The number of hydrogen-bond donors (Lipinski definition) is 1. The minimum absolute atomic E-state index is 0.185. The second kappa shape index (κ2) is 5.12. The number of rotatable bonds is 4. The van der Waals surface area contributed by atoms with Crippen LogP contribution in [0.4, 0.5) is 0 Å². The van der Waals surface area contributed by atoms with Crippen molar-refractivity contribution in [1.29, 1.82) is 0 Å². The first-order chi connectivity index (χ1) is 6.53. The van der Waals surface area contributed by atoms with Crippen molar-refractivity contribution in [3.05, 3.63) is 0 Å². The zero-order valence-electron chi connectivity index (χ0n) is 8.91. The highest BCUT2D eigenvalue weighted by Crippen LogP contribution is 2.30. The fourth-order valence-corrected chi connectivity index (χ4v) is 3.58. The largest absolute Gasteiger partial charge is 0.330 e. The SMILES string of the molecule is CS(=O)(=O)C[C@H](CN)C1CCCCC1. The van der Waals surface area contributed by atoms with Gasteiger partial charge in [0.1, 0.15) is 9.84 Å². The van der Waals surface area contributed by atoms with Crippen molar-refractivity contribution in [2.45, 2.75) is 32.1 Å². The third-order valence-electron chi connectivity index (χ3n) is 3.14. The molecule has 0 bridgehead atoms. The van der Waals surface area contributed by atoms with Gasteiger partial charge in [0.05, 0.1) is 5.75 Å². The topological polar surface area (TPSA) is 60.2 Å². The summed E-state index contributed by atoms with van der Waals surface area (Å²) in [5.74, 6) is 1.00. The minimum Gasteiger partial charge on any atom is -0.330 e. The van der Waals surface area contributed by atoms with E-state index in [1.165, 1.54) is 25.5 Å². The molecule has 1 atom stereocenters. The first-order valence-electron chi connectivity index (χ1n) is 5.40. The van der Waals surface area contributed by atoms with E-state index in [0.717, 1.165) is 12.8 Å². The van der Waals surface area contributed by atoms with Gasteiger partial charge >= 0.3 is 0 Å². The standard InChI is InChI=1S/C10H21NO2S/c1-14(12,13)8-10(7-11)9-5-3-2-4-6-9/h9-10H,2-8,11H2,1H3/t10-/m0/s1. The molecule has 4 heteroatoms. The summed E-state index contributed by atoms with van der Waals surface area (Å²) < 4.78 is 22.4. The Labute approximate surface area is 87.0 Å². The summed E-state index contributed by atoms with van der Waals surface area (Å²) in [6, 6.07) is 0. The molecule has 0 amide bonds. The zero-order valence-corrected chi connectivity index (χ0v) is 9.72. The van der Waals surface area contributed by atoms with Crippen LogP contribution < -0.4 is 5.73 Å². The van der Waals surface area contributed by atoms with Gasteiger partial charge in [-0.2, -0.15) is 0 Å². The van der Waals surface area contributed by atoms with Crippen LogP contribution in [-0.2, 0) is 9.84 Å². The third-order valence-corrected chi connectivity index (χ3v) is 4.17. The maximum absolute atomic E-state index is 11.2. The highest BCUT2D eigenvalue weighted by Gasteiger charge is 2.25. The summed E-state index contributed by atoms with van der Waals surface area (Å²) >= 11 is 0. The monoisotopic (exact) mass is 219 g/mol. The Kier molecular flexibility index (Phi) is 4.38. The molecular formula is C10H21NO2S. The molecule has 1 saturated carbocycles. The lowest BCUT2D eigenvalue weighted by molar-refractivity contribution is 0.270. The van der Waals surface area contributed by atoms with Crippen LogP contribution >= 0.6 is 0 Å². The fourth-order valence-electron chi connectivity index (χ4n) is 2.39. The average Bonchev–Trinajstić information content (AvgIpc) is 2.14. The second-order valence-electron chi connectivity index (χ2n) is 4.49. The van der Waals surface area contributed by atoms with E-state index in [0.29, 0.717) is 12.5 Å². The number of nitrogens with two attached hydrogens (primary N) is 1. The van der Waals surface area contributed by atoms with Crippen molar-refractivity contribution >= 4 is 9.84 Å². The lowest BCUT2D eigenvalue weighted by atomic mass is 9.81. The Morgan fingerprint density at radius 1 is 1.29 bits per heavy atom. The Morgan fingerprint density at radius 3 is 2.29 bits per heavy atom. The summed E-state index contributed by atoms with van der Waals surface area (Å²) in [7, 11) is -2.86. The second-order valence-corrected chi connectivity index (χ2v) is 6.67. The van der Waals surface area contributed by atoms with Gasteiger partial charge in [0, 0.05) is 6.26 Å². The van der Waals surface area contributed by atoms with Gasteiger partial charge in [-0.05, 0) is 18.4 Å². The highest BCUT2D eigenvalue weighted by atomic mass is 32.2. The quantitative estimate of drug-likeness (QED) is 0.772. The fraction of sp³-hybridized carbons (Fsp3) is 1.00. The van der Waals surface area contributed by atoms with Crippen molar-refractivity contribution < 1.29 is 8.42 Å². The molecule has 0 aromatic rings. The summed E-state index contributed by atoms with van der Waals surface area (Å²) in [6.07, 6.45) is 7.41. The molecule has 0 radical (unpaired) electrons. The highest BCUT2D eigenvalue weighted by molar-refractivity contribution is 7.90. The van der Waals surface area contributed by atoms with E-state index in [1.54, 1.807) is 0 Å². The number of sulfone groups is 1. The Morgan fingerprint density at radius 2 is 1.86 bits per heavy atom. The molecule has 1 fully saturated rings. The van der Waals surface area contributed by atoms with Crippen LogP contribution in [0.3, 0.4) is 0 Å². The summed E-state index contributed by atoms with van der Waals surface area (Å²) in [5, 5.41) is 0. The van der Waals surface area contributed by atoms with Crippen LogP contribution in [0.15, 0.2) is 0 Å². The maximum Gasteiger partial charge on any atom is 0.147 e. The van der Waals surface area contributed by atoms with Gasteiger partial charge in [-0.15, -0.1) is 0 Å². The molecule has 1 aliphatic rings. The van der Waals surface area contributed by atoms with E-state index < -0.39 is 9.84 Å². The van der Waals surface area contributed by atoms with Crippen LogP contribution in [0.25, 0.3) is 0 Å². The molecule has 84 valence electrons. The van der Waals surface area contributed by atoms with Gasteiger partial charge in [0.15, 0.2) is 0 Å². The molecular weight excluding hydrogens is 198 g/mol. The van der Waals surface area contributed by atoms with Crippen LogP contribution in [0.1, 0.15) is 32.1 Å². The molecule has 1 rings (SSSR count). The normalized spacial score (nSPS) is 22.1. The molecule has 0 aromatic carbocycles. The summed E-state index contributed by atoms with van der Waals surface area (Å²) in [4.78, 5) is 0. The summed E-state index contributed by atoms with van der Waals surface area (Å²) in [5.41, 5.74) is 5.65. The van der Waals surface area contributed by atoms with Crippen molar-refractivity contribution in [2.24, 2.45) is 17.6 Å². The van der Waals surface area contributed by atoms with E-state index in [4.69, 9.17) is 5.73 Å². The smallest absolute Gasteiger partial charge is 0.147 e. The molecule has 0 saturated heterocycles. The van der Waals surface area contributed by atoms with E-state index in [9.17, 15) is 8.42 Å². The van der Waals surface area contributed by atoms with Crippen molar-refractivity contribution in [3.63, 3.8) is 0 Å². The summed E-state index contributed by atoms with van der Waals surface area (Å²) in [6.45, 7) is 0.512. The van der Waals surface area contributed by atoms with Crippen LogP contribution in [0.5, 0.6) is 0 Å². The Balaban J connectivity index is 2.52. The van der Waals surface area contributed by atoms with E-state index in [1.807, 2.05) is 0 Å². The van der Waals surface area contributed by atoms with Gasteiger partial charge in [-0.25, -0.2) is 8.42 Å². The molecule has 0 aromatic heterocycles. The van der Waals surface area contributed by atoms with Gasteiger partial charge in [0.2, 0.25) is 0 Å². The van der Waals surface area contributed by atoms with Crippen molar-refractivity contribution in [1.82, 2.24) is 0 Å². The Hall–Kier alpha value is -0.0900. The first kappa shape index (κ1) is 12.0. The van der Waals surface area contributed by atoms with Crippen molar-refractivity contribution in [3.8, 4) is 0 Å². The molecule has 0 unspecified atom stereocenters. The molecule has 1 aliphatic carbocycles. The van der Waals surface area contributed by atoms with E-state index in [-0.39, 0.29) is 11.7 Å². The lowest BCUT2D eigenvalue weighted by Gasteiger charge is -2.28. The van der Waals surface area contributed by atoms with Gasteiger partial charge in [-0.1, -0.05) is 32.1 Å². The zero-order chi connectivity index (χ0) is 10.6. The molecule has 3 nitrogen and oxygen atoms in total. The van der Waals surface area contributed by atoms with E-state index in [2.05, 4.69) is 0 Å². The van der Waals surface area contributed by atoms with E-state index >= 15 is 0 Å². The predicted molar refractivity (Wildman–Crippen MR) is 58.8 cm³/mol. The van der Waals surface area contributed by atoms with Gasteiger partial charge in [-0.3, -0.25) is 0 Å². The number of hydrogen-bond acceptors (Lipinski definition) is 3. The minimum atomic E-state index is -2.86. The molecule has 14 heavy (non-hydrogen) atoms. The average molecular weight is 219 g/mol. The van der Waals surface area contributed by atoms with Gasteiger partial charge in [0.25, 0.3) is 0 Å². The van der Waals surface area contributed by atoms with Crippen molar-refractivity contribution in [2.75, 3.05) is 18.6 Å². The van der Waals surface area contributed by atoms with Crippen LogP contribution in [0, 0.1) is 11.8 Å². The maximum atomic E-state index is 11.2. The molecule has 0 spiro atoms. The molecule has 2 N–H and O–H groups in total. The van der Waals surface area contributed by atoms with Gasteiger partial charge < -0.3 is 5.73 Å². The molecule has 0 aliphatic heterocycles. The van der Waals surface area contributed by atoms with Crippen LogP contribution in [0.2, 0.25) is 0 Å². The van der Waals surface area contributed by atoms with Crippen LogP contribution in [-0.4, -0.2) is 27.0 Å². The predicted octanol–water partition coefficient (Wildman–Crippen LogP) is 1.19. The lowest BCUT2D eigenvalue weighted by Crippen LogP contribution is -2.31. The first-order valence-corrected chi connectivity index (χ1v) is 7.47. The molecule has 0 heterocycles. The Bertz CT molecular complexity index is 255.